The highest BCUT2D eigenvalue weighted by atomic mass is 35.6. The molecule has 0 radical (unpaired) electrons. The number of rotatable bonds is 1. The second kappa shape index (κ2) is 3.83. The third-order valence-corrected chi connectivity index (χ3v) is 3.30. The standard InChI is InChI=1S/C8H9Cl3O5/c9-8(10,11)7-15-5-3(12)4(2-1-13-2)14-6(5)16-7/h2-7,12H,1H2. The summed E-state index contributed by atoms with van der Waals surface area (Å²) in [5.41, 5.74) is 0. The third kappa shape index (κ3) is 1.93. The first-order valence-electron chi connectivity index (χ1n) is 4.79. The molecule has 3 fully saturated rings. The van der Waals surface area contributed by atoms with Crippen molar-refractivity contribution in [1.82, 2.24) is 0 Å². The van der Waals surface area contributed by atoms with Crippen LogP contribution in [-0.2, 0) is 18.9 Å². The van der Waals surface area contributed by atoms with Gasteiger partial charge in [-0.05, 0) is 0 Å². The molecule has 0 aliphatic carbocycles. The first-order valence-corrected chi connectivity index (χ1v) is 5.93. The molecule has 0 aromatic heterocycles. The second-order valence-electron chi connectivity index (χ2n) is 3.94. The highest BCUT2D eigenvalue weighted by Crippen LogP contribution is 2.43. The topological polar surface area (TPSA) is 60.5 Å². The molecule has 6 atom stereocenters. The zero-order valence-corrected chi connectivity index (χ0v) is 10.2. The first-order chi connectivity index (χ1) is 7.47. The van der Waals surface area contributed by atoms with Crippen LogP contribution >= 0.6 is 34.8 Å². The van der Waals surface area contributed by atoms with Crippen LogP contribution in [0.2, 0.25) is 0 Å². The van der Waals surface area contributed by atoms with E-state index >= 15 is 0 Å². The van der Waals surface area contributed by atoms with Gasteiger partial charge in [-0.2, -0.15) is 0 Å². The molecular formula is C8H9Cl3O5. The molecule has 3 aliphatic rings. The van der Waals surface area contributed by atoms with Crippen LogP contribution in [0.25, 0.3) is 0 Å². The number of aliphatic hydroxyl groups excluding tert-OH is 1. The van der Waals surface area contributed by atoms with Gasteiger partial charge in [0.05, 0.1) is 6.61 Å². The first kappa shape index (κ1) is 11.7. The highest BCUT2D eigenvalue weighted by Gasteiger charge is 2.59. The summed E-state index contributed by atoms with van der Waals surface area (Å²) >= 11 is 16.9. The van der Waals surface area contributed by atoms with Gasteiger partial charge in [-0.1, -0.05) is 34.8 Å². The van der Waals surface area contributed by atoms with E-state index in [1.807, 2.05) is 0 Å². The zero-order valence-electron chi connectivity index (χ0n) is 7.89. The van der Waals surface area contributed by atoms with Gasteiger partial charge < -0.3 is 24.1 Å². The Balaban J connectivity index is 1.68. The van der Waals surface area contributed by atoms with Crippen LogP contribution < -0.4 is 0 Å². The maximum Gasteiger partial charge on any atom is 0.241 e. The highest BCUT2D eigenvalue weighted by molar-refractivity contribution is 6.67. The van der Waals surface area contributed by atoms with Crippen LogP contribution in [0.4, 0.5) is 0 Å². The van der Waals surface area contributed by atoms with Crippen molar-refractivity contribution in [2.24, 2.45) is 0 Å². The molecule has 6 unspecified atom stereocenters. The van der Waals surface area contributed by atoms with Gasteiger partial charge in [0.25, 0.3) is 0 Å². The van der Waals surface area contributed by atoms with Crippen LogP contribution in [0.15, 0.2) is 0 Å². The molecule has 1 N–H and O–H groups in total. The minimum Gasteiger partial charge on any atom is -0.387 e. The molecule has 3 heterocycles. The van der Waals surface area contributed by atoms with Crippen LogP contribution in [0.5, 0.6) is 0 Å². The summed E-state index contributed by atoms with van der Waals surface area (Å²) in [6.45, 7) is 0.578. The lowest BCUT2D eigenvalue weighted by Crippen LogP contribution is -2.37. The van der Waals surface area contributed by atoms with E-state index in [1.165, 1.54) is 0 Å². The number of ether oxygens (including phenoxy) is 4. The average molecular weight is 292 g/mol. The number of alkyl halides is 3. The van der Waals surface area contributed by atoms with Crippen LogP contribution in [0.1, 0.15) is 0 Å². The third-order valence-electron chi connectivity index (χ3n) is 2.76. The van der Waals surface area contributed by atoms with Gasteiger partial charge in [0.1, 0.15) is 24.4 Å². The normalized spacial score (nSPS) is 51.8. The second-order valence-corrected chi connectivity index (χ2v) is 6.31. The van der Waals surface area contributed by atoms with E-state index in [0.717, 1.165) is 0 Å². The van der Waals surface area contributed by atoms with E-state index in [0.29, 0.717) is 6.61 Å². The fourth-order valence-electron chi connectivity index (χ4n) is 1.92. The lowest BCUT2D eigenvalue weighted by atomic mass is 10.1. The number of fused-ring (bicyclic) bond motifs is 1. The Morgan fingerprint density at radius 2 is 1.75 bits per heavy atom. The van der Waals surface area contributed by atoms with E-state index in [2.05, 4.69) is 0 Å². The molecule has 3 rings (SSSR count). The zero-order chi connectivity index (χ0) is 11.5. The van der Waals surface area contributed by atoms with Crippen LogP contribution in [0, 0.1) is 0 Å². The summed E-state index contributed by atoms with van der Waals surface area (Å²) in [6.07, 6.45) is -3.69. The molecule has 0 bridgehead atoms. The molecule has 8 heteroatoms. The van der Waals surface area contributed by atoms with Crippen LogP contribution in [-0.4, -0.2) is 52.5 Å². The Hall–Kier alpha value is 0.670. The summed E-state index contributed by atoms with van der Waals surface area (Å²) in [5.74, 6) is 0. The predicted octanol–water partition coefficient (Wildman–Crippen LogP) is 0.583. The number of aliphatic hydroxyl groups is 1. The number of hydrogen-bond donors (Lipinski definition) is 1. The van der Waals surface area contributed by atoms with E-state index in [-0.39, 0.29) is 6.10 Å². The van der Waals surface area contributed by atoms with E-state index in [1.54, 1.807) is 0 Å². The summed E-state index contributed by atoms with van der Waals surface area (Å²) in [5, 5.41) is 9.91. The molecule has 5 nitrogen and oxygen atoms in total. The van der Waals surface area contributed by atoms with Crippen molar-refractivity contribution >= 4 is 34.8 Å². The van der Waals surface area contributed by atoms with E-state index < -0.39 is 34.7 Å². The predicted molar refractivity (Wildman–Crippen MR) is 54.4 cm³/mol. The van der Waals surface area contributed by atoms with Gasteiger partial charge in [0.15, 0.2) is 6.29 Å². The Morgan fingerprint density at radius 1 is 1.06 bits per heavy atom. The Labute approximate surface area is 106 Å². The van der Waals surface area contributed by atoms with Crippen molar-refractivity contribution in [2.75, 3.05) is 6.61 Å². The molecule has 0 saturated carbocycles. The molecule has 0 amide bonds. The average Bonchev–Trinajstić information content (AvgIpc) is 2.83. The van der Waals surface area contributed by atoms with Crippen molar-refractivity contribution in [1.29, 1.82) is 0 Å². The van der Waals surface area contributed by atoms with Crippen molar-refractivity contribution in [2.45, 2.75) is 40.8 Å². The van der Waals surface area contributed by atoms with Crippen LogP contribution in [0.3, 0.4) is 0 Å². The summed E-state index contributed by atoms with van der Waals surface area (Å²) in [7, 11) is 0. The van der Waals surface area contributed by atoms with Gasteiger partial charge >= 0.3 is 0 Å². The largest absolute Gasteiger partial charge is 0.387 e. The molecular weight excluding hydrogens is 282 g/mol. The maximum absolute atomic E-state index is 9.91. The molecule has 0 aromatic carbocycles. The summed E-state index contributed by atoms with van der Waals surface area (Å²) in [4.78, 5) is 0. The van der Waals surface area contributed by atoms with Crippen molar-refractivity contribution in [3.8, 4) is 0 Å². The van der Waals surface area contributed by atoms with Gasteiger partial charge in [0, 0.05) is 0 Å². The van der Waals surface area contributed by atoms with Crippen molar-refractivity contribution in [3.63, 3.8) is 0 Å². The molecule has 0 spiro atoms. The molecule has 16 heavy (non-hydrogen) atoms. The molecule has 3 aliphatic heterocycles. The van der Waals surface area contributed by atoms with Crippen molar-refractivity contribution in [3.05, 3.63) is 0 Å². The lowest BCUT2D eigenvalue weighted by Gasteiger charge is -2.21. The van der Waals surface area contributed by atoms with Gasteiger partial charge in [0.2, 0.25) is 10.1 Å². The number of epoxide rings is 1. The fraction of sp³-hybridized carbons (Fsp3) is 1.00. The Morgan fingerprint density at radius 3 is 2.25 bits per heavy atom. The monoisotopic (exact) mass is 290 g/mol. The minimum atomic E-state index is -1.70. The van der Waals surface area contributed by atoms with Gasteiger partial charge in [-0.25, -0.2) is 0 Å². The molecule has 0 aromatic rings. The summed E-state index contributed by atoms with van der Waals surface area (Å²) in [6, 6.07) is 0. The maximum atomic E-state index is 9.91. The Kier molecular flexibility index (Phi) is 2.81. The molecule has 92 valence electrons. The molecule has 3 saturated heterocycles. The van der Waals surface area contributed by atoms with Gasteiger partial charge in [-0.15, -0.1) is 0 Å². The van der Waals surface area contributed by atoms with Gasteiger partial charge in [-0.3, -0.25) is 0 Å². The quantitative estimate of drug-likeness (QED) is 0.566. The van der Waals surface area contributed by atoms with E-state index in [4.69, 9.17) is 53.8 Å². The Bertz CT molecular complexity index is 292. The smallest absolute Gasteiger partial charge is 0.241 e. The minimum absolute atomic E-state index is 0.0842. The van der Waals surface area contributed by atoms with E-state index in [9.17, 15) is 5.11 Å². The summed E-state index contributed by atoms with van der Waals surface area (Å²) < 4.78 is 19.4. The van der Waals surface area contributed by atoms with Crippen molar-refractivity contribution < 1.29 is 24.1 Å². The lowest BCUT2D eigenvalue weighted by molar-refractivity contribution is -0.169. The number of halogens is 3. The number of hydrogen-bond acceptors (Lipinski definition) is 5. The SMILES string of the molecule is OC1C(C2CO2)OC2OC(C(Cl)(Cl)Cl)OC21. The fourth-order valence-corrected chi connectivity index (χ4v) is 2.23.